The average molecular weight is 342 g/mol. The molecule has 0 amide bonds. The van der Waals surface area contributed by atoms with Gasteiger partial charge in [-0.1, -0.05) is 23.7 Å². The standard InChI is InChI=1S/C14H16ClN3OS2/c1-2-11-12(21-6-5-20-11)13-17-14(19-18-13)8-3-4-9(15)10(16)7-8/h3-4,7,11-12H,2,5-6,16H2,1H3. The SMILES string of the molecule is CCC1SCCSC1c1noc(-c2ccc(Cl)c(N)c2)n1. The molecule has 112 valence electrons. The van der Waals surface area contributed by atoms with Gasteiger partial charge in [0.05, 0.1) is 16.0 Å². The van der Waals surface area contributed by atoms with E-state index in [0.717, 1.165) is 23.6 Å². The summed E-state index contributed by atoms with van der Waals surface area (Å²) in [6.07, 6.45) is 1.11. The molecule has 2 atom stereocenters. The molecule has 2 aromatic rings. The minimum absolute atomic E-state index is 0.302. The third kappa shape index (κ3) is 3.17. The van der Waals surface area contributed by atoms with Gasteiger partial charge in [-0.2, -0.15) is 16.7 Å². The molecule has 0 spiro atoms. The lowest BCUT2D eigenvalue weighted by Gasteiger charge is -2.27. The van der Waals surface area contributed by atoms with E-state index in [-0.39, 0.29) is 0 Å². The molecule has 1 aromatic heterocycles. The van der Waals surface area contributed by atoms with Crippen LogP contribution in [0.3, 0.4) is 0 Å². The fourth-order valence-corrected chi connectivity index (χ4v) is 5.39. The van der Waals surface area contributed by atoms with E-state index >= 15 is 0 Å². The van der Waals surface area contributed by atoms with Gasteiger partial charge < -0.3 is 10.3 Å². The van der Waals surface area contributed by atoms with Crippen molar-refractivity contribution in [2.24, 2.45) is 0 Å². The van der Waals surface area contributed by atoms with Gasteiger partial charge in [0.15, 0.2) is 5.82 Å². The molecule has 1 saturated heterocycles. The fraction of sp³-hybridized carbons (Fsp3) is 0.429. The van der Waals surface area contributed by atoms with E-state index in [1.165, 1.54) is 5.75 Å². The summed E-state index contributed by atoms with van der Waals surface area (Å²) in [5, 5.41) is 5.55. The number of benzene rings is 1. The van der Waals surface area contributed by atoms with Crippen LogP contribution in [-0.4, -0.2) is 26.9 Å². The van der Waals surface area contributed by atoms with Gasteiger partial charge in [-0.15, -0.1) is 11.8 Å². The Morgan fingerprint density at radius 3 is 2.95 bits per heavy atom. The van der Waals surface area contributed by atoms with E-state index in [4.69, 9.17) is 21.9 Å². The van der Waals surface area contributed by atoms with E-state index in [2.05, 4.69) is 17.1 Å². The van der Waals surface area contributed by atoms with Gasteiger partial charge in [-0.05, 0) is 24.6 Å². The van der Waals surface area contributed by atoms with Crippen LogP contribution < -0.4 is 5.73 Å². The maximum Gasteiger partial charge on any atom is 0.258 e. The summed E-state index contributed by atoms with van der Waals surface area (Å²) in [6.45, 7) is 2.21. The van der Waals surface area contributed by atoms with Crippen molar-refractivity contribution in [3.8, 4) is 11.5 Å². The smallest absolute Gasteiger partial charge is 0.258 e. The van der Waals surface area contributed by atoms with Crippen molar-refractivity contribution in [1.82, 2.24) is 10.1 Å². The number of nitrogen functional groups attached to an aromatic ring is 1. The summed E-state index contributed by atoms with van der Waals surface area (Å²) in [7, 11) is 0. The lowest BCUT2D eigenvalue weighted by atomic mass is 10.2. The second-order valence-corrected chi connectivity index (χ2v) is 7.81. The zero-order valence-electron chi connectivity index (χ0n) is 11.6. The van der Waals surface area contributed by atoms with E-state index in [1.54, 1.807) is 12.1 Å². The second kappa shape index (κ2) is 6.50. The van der Waals surface area contributed by atoms with Crippen LogP contribution in [0.1, 0.15) is 24.4 Å². The molecule has 1 aromatic carbocycles. The zero-order valence-corrected chi connectivity index (χ0v) is 14.0. The van der Waals surface area contributed by atoms with Crippen molar-refractivity contribution in [1.29, 1.82) is 0 Å². The largest absolute Gasteiger partial charge is 0.398 e. The molecule has 2 heterocycles. The molecule has 1 fully saturated rings. The molecule has 0 aliphatic carbocycles. The molecule has 2 N–H and O–H groups in total. The van der Waals surface area contributed by atoms with Crippen molar-refractivity contribution >= 4 is 40.8 Å². The van der Waals surface area contributed by atoms with Crippen molar-refractivity contribution < 1.29 is 4.52 Å². The number of anilines is 1. The fourth-order valence-electron chi connectivity index (χ4n) is 2.29. The molecule has 1 aliphatic heterocycles. The van der Waals surface area contributed by atoms with Crippen molar-refractivity contribution in [3.63, 3.8) is 0 Å². The molecule has 0 bridgehead atoms. The van der Waals surface area contributed by atoms with Gasteiger partial charge >= 0.3 is 0 Å². The normalized spacial score (nSPS) is 22.4. The third-order valence-corrected chi connectivity index (χ3v) is 6.98. The molecule has 1 aliphatic rings. The lowest BCUT2D eigenvalue weighted by Crippen LogP contribution is -2.19. The predicted octanol–water partition coefficient (Wildman–Crippen LogP) is 4.27. The Morgan fingerprint density at radius 2 is 2.19 bits per heavy atom. The summed E-state index contributed by atoms with van der Waals surface area (Å²) in [5.74, 6) is 3.60. The molecule has 0 saturated carbocycles. The van der Waals surface area contributed by atoms with Crippen LogP contribution in [0.2, 0.25) is 5.02 Å². The minimum Gasteiger partial charge on any atom is -0.398 e. The summed E-state index contributed by atoms with van der Waals surface area (Å²) < 4.78 is 5.41. The summed E-state index contributed by atoms with van der Waals surface area (Å²) in [5.41, 5.74) is 7.14. The first-order chi connectivity index (χ1) is 10.2. The van der Waals surface area contributed by atoms with Crippen LogP contribution >= 0.6 is 35.1 Å². The Labute approximate surface area is 137 Å². The monoisotopic (exact) mass is 341 g/mol. The van der Waals surface area contributed by atoms with Gasteiger partial charge in [0.25, 0.3) is 5.89 Å². The topological polar surface area (TPSA) is 64.9 Å². The first-order valence-corrected chi connectivity index (χ1v) is 9.28. The zero-order chi connectivity index (χ0) is 14.8. The van der Waals surface area contributed by atoms with Crippen LogP contribution in [0.25, 0.3) is 11.5 Å². The van der Waals surface area contributed by atoms with E-state index in [1.807, 2.05) is 29.6 Å². The Balaban J connectivity index is 1.86. The number of aromatic nitrogens is 2. The number of rotatable bonds is 3. The quantitative estimate of drug-likeness (QED) is 0.841. The highest BCUT2D eigenvalue weighted by atomic mass is 35.5. The molecular formula is C14H16ClN3OS2. The molecule has 7 heteroatoms. The van der Waals surface area contributed by atoms with Gasteiger partial charge in [-0.3, -0.25) is 0 Å². The first kappa shape index (κ1) is 15.1. The third-order valence-electron chi connectivity index (χ3n) is 3.39. The van der Waals surface area contributed by atoms with Crippen LogP contribution in [0.15, 0.2) is 22.7 Å². The molecule has 0 radical (unpaired) electrons. The predicted molar refractivity (Wildman–Crippen MR) is 90.9 cm³/mol. The molecule has 21 heavy (non-hydrogen) atoms. The highest BCUT2D eigenvalue weighted by Gasteiger charge is 2.30. The molecule has 3 rings (SSSR count). The second-order valence-electron chi connectivity index (χ2n) is 4.80. The summed E-state index contributed by atoms with van der Waals surface area (Å²) in [6, 6.07) is 5.35. The average Bonchev–Trinajstić information content (AvgIpc) is 2.99. The van der Waals surface area contributed by atoms with Crippen LogP contribution in [0.5, 0.6) is 0 Å². The Hall–Kier alpha value is -0.850. The van der Waals surface area contributed by atoms with Gasteiger partial charge in [0, 0.05) is 22.3 Å². The Bertz CT molecular complexity index is 634. The molecule has 4 nitrogen and oxygen atoms in total. The van der Waals surface area contributed by atoms with Gasteiger partial charge in [0.2, 0.25) is 0 Å². The highest BCUT2D eigenvalue weighted by Crippen LogP contribution is 2.43. The number of nitrogens with two attached hydrogens (primary N) is 1. The van der Waals surface area contributed by atoms with E-state index in [9.17, 15) is 0 Å². The van der Waals surface area contributed by atoms with Gasteiger partial charge in [-0.25, -0.2) is 0 Å². The van der Waals surface area contributed by atoms with Gasteiger partial charge in [0.1, 0.15) is 0 Å². The maximum atomic E-state index is 5.94. The van der Waals surface area contributed by atoms with Crippen LogP contribution in [0, 0.1) is 0 Å². The first-order valence-electron chi connectivity index (χ1n) is 6.81. The summed E-state index contributed by atoms with van der Waals surface area (Å²) >= 11 is 9.84. The molecule has 2 unspecified atom stereocenters. The van der Waals surface area contributed by atoms with Crippen molar-refractivity contribution in [2.45, 2.75) is 23.8 Å². The van der Waals surface area contributed by atoms with E-state index < -0.39 is 0 Å². The lowest BCUT2D eigenvalue weighted by molar-refractivity contribution is 0.421. The van der Waals surface area contributed by atoms with Crippen LogP contribution in [-0.2, 0) is 0 Å². The van der Waals surface area contributed by atoms with Crippen LogP contribution in [0.4, 0.5) is 5.69 Å². The molecular weight excluding hydrogens is 326 g/mol. The van der Waals surface area contributed by atoms with E-state index in [0.29, 0.717) is 27.1 Å². The number of halogens is 1. The Kier molecular flexibility index (Phi) is 4.66. The number of hydrogen-bond acceptors (Lipinski definition) is 6. The highest BCUT2D eigenvalue weighted by molar-refractivity contribution is 8.06. The number of thioether (sulfide) groups is 2. The Morgan fingerprint density at radius 1 is 1.38 bits per heavy atom. The summed E-state index contributed by atoms with van der Waals surface area (Å²) in [4.78, 5) is 4.56. The number of nitrogens with zero attached hydrogens (tertiary/aromatic N) is 2. The minimum atomic E-state index is 0.302. The number of hydrogen-bond donors (Lipinski definition) is 1. The van der Waals surface area contributed by atoms with Crippen molar-refractivity contribution in [3.05, 3.63) is 29.0 Å². The van der Waals surface area contributed by atoms with Crippen molar-refractivity contribution in [2.75, 3.05) is 17.2 Å². The maximum absolute atomic E-state index is 5.94.